The van der Waals surface area contributed by atoms with Crippen LogP contribution in [-0.2, 0) is 19.2 Å². The molecule has 0 heterocycles. The number of hydrogen-bond donors (Lipinski definition) is 6. The van der Waals surface area contributed by atoms with Gasteiger partial charge in [0.05, 0.1) is 0 Å². The van der Waals surface area contributed by atoms with Gasteiger partial charge >= 0.3 is 0 Å². The minimum Gasteiger partial charge on any atom is -0.326 e. The summed E-state index contributed by atoms with van der Waals surface area (Å²) in [5, 5.41) is 5.56. The fraction of sp³-hybridized carbons (Fsp3) is 0.455. The van der Waals surface area contributed by atoms with Crippen LogP contribution in [0, 0.1) is 0 Å². The van der Waals surface area contributed by atoms with Crippen molar-refractivity contribution in [2.24, 2.45) is 0 Å². The number of hydrazine groups is 2. The zero-order valence-corrected chi connectivity index (χ0v) is 26.3. The maximum absolute atomic E-state index is 12.3. The minimum absolute atomic E-state index is 0.0708. The standard InChI is InChI=1S/C33H46N6O6/c1-3-5-12-28(40)34-26-20-16-24(17-21-26)32(44)38-36-30(42)14-10-8-7-9-11-15-31(43)37-39-33(45)25-18-22-27(23-19-25)35-29(41)13-6-4-2/h16-23H,3-15H2,1-2H3,(H,34,40)(H,35,41)(H,36,42)(H,37,43)(H,38,44)(H,39,45). The number of benzene rings is 2. The van der Waals surface area contributed by atoms with Gasteiger partial charge in [-0.25, -0.2) is 0 Å². The molecule has 0 aliphatic carbocycles. The molecule has 0 aliphatic heterocycles. The van der Waals surface area contributed by atoms with Crippen molar-refractivity contribution in [2.45, 2.75) is 97.3 Å². The lowest BCUT2D eigenvalue weighted by Gasteiger charge is -2.09. The summed E-state index contributed by atoms with van der Waals surface area (Å²) in [7, 11) is 0. The lowest BCUT2D eigenvalue weighted by molar-refractivity contribution is -0.122. The molecule has 0 aromatic heterocycles. The monoisotopic (exact) mass is 622 g/mol. The van der Waals surface area contributed by atoms with Crippen LogP contribution in [0.5, 0.6) is 0 Å². The minimum atomic E-state index is -0.456. The highest BCUT2D eigenvalue weighted by Crippen LogP contribution is 2.12. The van der Waals surface area contributed by atoms with E-state index < -0.39 is 11.8 Å². The number of rotatable bonds is 18. The number of nitrogens with one attached hydrogen (secondary N) is 6. The highest BCUT2D eigenvalue weighted by atomic mass is 16.2. The SMILES string of the molecule is CCCCC(=O)Nc1ccc(C(=O)NNC(=O)CCCCCCCC(=O)NNC(=O)c2ccc(NC(=O)CCCC)cc2)cc1. The molecule has 12 nitrogen and oxygen atoms in total. The predicted molar refractivity (Wildman–Crippen MR) is 173 cm³/mol. The Kier molecular flexibility index (Phi) is 17.0. The van der Waals surface area contributed by atoms with E-state index in [0.29, 0.717) is 48.2 Å². The molecule has 244 valence electrons. The fourth-order valence-electron chi connectivity index (χ4n) is 4.16. The first-order valence-corrected chi connectivity index (χ1v) is 15.7. The fourth-order valence-corrected chi connectivity index (χ4v) is 4.16. The Labute approximate surface area is 264 Å². The normalized spacial score (nSPS) is 10.4. The smallest absolute Gasteiger partial charge is 0.269 e. The number of carbonyl (C=O) groups is 6. The van der Waals surface area contributed by atoms with Crippen LogP contribution in [0.2, 0.25) is 0 Å². The van der Waals surface area contributed by atoms with Crippen molar-refractivity contribution in [1.82, 2.24) is 21.7 Å². The average Bonchev–Trinajstić information content (AvgIpc) is 3.04. The van der Waals surface area contributed by atoms with Gasteiger partial charge < -0.3 is 10.6 Å². The summed E-state index contributed by atoms with van der Waals surface area (Å²) in [6.07, 6.45) is 8.59. The molecule has 45 heavy (non-hydrogen) atoms. The number of unbranched alkanes of at least 4 members (excludes halogenated alkanes) is 6. The maximum Gasteiger partial charge on any atom is 0.269 e. The number of hydrogen-bond acceptors (Lipinski definition) is 6. The first kappa shape index (κ1) is 36.5. The van der Waals surface area contributed by atoms with E-state index in [1.807, 2.05) is 13.8 Å². The molecule has 0 aliphatic rings. The molecule has 2 aromatic carbocycles. The Bertz CT molecular complexity index is 1170. The third-order valence-electron chi connectivity index (χ3n) is 6.82. The van der Waals surface area contributed by atoms with Crippen molar-refractivity contribution in [1.29, 1.82) is 0 Å². The van der Waals surface area contributed by atoms with Gasteiger partial charge in [0.2, 0.25) is 23.6 Å². The van der Waals surface area contributed by atoms with E-state index in [0.717, 1.165) is 44.9 Å². The predicted octanol–water partition coefficient (Wildman–Crippen LogP) is 4.90. The zero-order valence-electron chi connectivity index (χ0n) is 26.3. The van der Waals surface area contributed by atoms with Gasteiger partial charge in [-0.1, -0.05) is 46.0 Å². The highest BCUT2D eigenvalue weighted by Gasteiger charge is 2.10. The lowest BCUT2D eigenvalue weighted by atomic mass is 10.1. The summed E-state index contributed by atoms with van der Waals surface area (Å²) in [5.41, 5.74) is 11.5. The van der Waals surface area contributed by atoms with Gasteiger partial charge in [0.25, 0.3) is 11.8 Å². The highest BCUT2D eigenvalue weighted by molar-refractivity contribution is 5.97. The Morgan fingerprint density at radius 1 is 0.422 bits per heavy atom. The van der Waals surface area contributed by atoms with Gasteiger partial charge in [-0.05, 0) is 74.2 Å². The van der Waals surface area contributed by atoms with Crippen molar-refractivity contribution in [3.8, 4) is 0 Å². The second-order valence-electron chi connectivity index (χ2n) is 10.7. The van der Waals surface area contributed by atoms with E-state index in [-0.39, 0.29) is 36.5 Å². The molecule has 0 saturated carbocycles. The van der Waals surface area contributed by atoms with Crippen LogP contribution in [0.15, 0.2) is 48.5 Å². The van der Waals surface area contributed by atoms with E-state index in [2.05, 4.69) is 32.3 Å². The van der Waals surface area contributed by atoms with E-state index >= 15 is 0 Å². The molecule has 12 heteroatoms. The molecule has 0 fully saturated rings. The van der Waals surface area contributed by atoms with E-state index in [1.165, 1.54) is 0 Å². The molecule has 0 spiro atoms. The second-order valence-corrected chi connectivity index (χ2v) is 10.7. The van der Waals surface area contributed by atoms with Crippen molar-refractivity contribution >= 4 is 46.8 Å². The molecule has 0 atom stereocenters. The van der Waals surface area contributed by atoms with Crippen LogP contribution in [0.25, 0.3) is 0 Å². The molecule has 6 N–H and O–H groups in total. The molecular weight excluding hydrogens is 576 g/mol. The first-order chi connectivity index (χ1) is 21.7. The van der Waals surface area contributed by atoms with Crippen LogP contribution in [0.1, 0.15) is 118 Å². The van der Waals surface area contributed by atoms with Crippen molar-refractivity contribution in [3.05, 3.63) is 59.7 Å². The zero-order chi connectivity index (χ0) is 32.9. The Balaban J connectivity index is 1.51. The Hall–Kier alpha value is -4.74. The van der Waals surface area contributed by atoms with Gasteiger partial charge in [-0.2, -0.15) is 0 Å². The molecule has 2 rings (SSSR count). The molecule has 0 bridgehead atoms. The third-order valence-corrected chi connectivity index (χ3v) is 6.82. The first-order valence-electron chi connectivity index (χ1n) is 15.7. The average molecular weight is 623 g/mol. The number of carbonyl (C=O) groups excluding carboxylic acids is 6. The maximum atomic E-state index is 12.3. The number of amides is 6. The Morgan fingerprint density at radius 2 is 0.756 bits per heavy atom. The number of anilines is 2. The summed E-state index contributed by atoms with van der Waals surface area (Å²) in [4.78, 5) is 72.3. The topological polar surface area (TPSA) is 175 Å². The van der Waals surface area contributed by atoms with Gasteiger partial charge in [0.15, 0.2) is 0 Å². The third kappa shape index (κ3) is 15.5. The summed E-state index contributed by atoms with van der Waals surface area (Å²) >= 11 is 0. The molecule has 0 saturated heterocycles. The Morgan fingerprint density at radius 3 is 1.11 bits per heavy atom. The van der Waals surface area contributed by atoms with Crippen LogP contribution in [0.3, 0.4) is 0 Å². The van der Waals surface area contributed by atoms with Crippen LogP contribution >= 0.6 is 0 Å². The van der Waals surface area contributed by atoms with E-state index in [1.54, 1.807) is 48.5 Å². The summed E-state index contributed by atoms with van der Waals surface area (Å²) in [5.74, 6) is -1.66. The molecule has 6 amide bonds. The van der Waals surface area contributed by atoms with Gasteiger partial charge in [0, 0.05) is 48.2 Å². The van der Waals surface area contributed by atoms with E-state index in [4.69, 9.17) is 0 Å². The summed E-state index contributed by atoms with van der Waals surface area (Å²) in [6, 6.07) is 12.8. The van der Waals surface area contributed by atoms with Crippen molar-refractivity contribution < 1.29 is 28.8 Å². The molecule has 0 unspecified atom stereocenters. The molecular formula is C33H46N6O6. The van der Waals surface area contributed by atoms with Gasteiger partial charge in [-0.15, -0.1) is 0 Å². The van der Waals surface area contributed by atoms with Crippen LogP contribution in [0.4, 0.5) is 11.4 Å². The van der Waals surface area contributed by atoms with Gasteiger partial charge in [-0.3, -0.25) is 50.5 Å². The molecule has 2 aromatic rings. The largest absolute Gasteiger partial charge is 0.326 e. The van der Waals surface area contributed by atoms with Crippen molar-refractivity contribution in [2.75, 3.05) is 10.6 Å². The van der Waals surface area contributed by atoms with E-state index in [9.17, 15) is 28.8 Å². The summed E-state index contributed by atoms with van der Waals surface area (Å²) < 4.78 is 0. The quantitative estimate of drug-likeness (QED) is 0.102. The second kappa shape index (κ2) is 21.0. The molecule has 0 radical (unpaired) electrons. The van der Waals surface area contributed by atoms with Crippen LogP contribution < -0.4 is 32.3 Å². The van der Waals surface area contributed by atoms with Crippen LogP contribution in [-0.4, -0.2) is 35.4 Å². The lowest BCUT2D eigenvalue weighted by Crippen LogP contribution is -2.41. The summed E-state index contributed by atoms with van der Waals surface area (Å²) in [6.45, 7) is 4.03. The van der Waals surface area contributed by atoms with Crippen molar-refractivity contribution in [3.63, 3.8) is 0 Å². The van der Waals surface area contributed by atoms with Gasteiger partial charge in [0.1, 0.15) is 0 Å².